The van der Waals surface area contributed by atoms with Gasteiger partial charge in [-0.3, -0.25) is 0 Å². The van der Waals surface area contributed by atoms with E-state index in [1.54, 1.807) is 13.2 Å². The molecule has 28 heavy (non-hydrogen) atoms. The number of hydrogen-bond donors (Lipinski definition) is 1. The fourth-order valence-corrected chi connectivity index (χ4v) is 3.86. The predicted octanol–water partition coefficient (Wildman–Crippen LogP) is 4.36. The van der Waals surface area contributed by atoms with Crippen molar-refractivity contribution in [2.75, 3.05) is 25.5 Å². The number of anilines is 1. The van der Waals surface area contributed by atoms with Crippen LogP contribution in [0.5, 0.6) is 5.75 Å². The van der Waals surface area contributed by atoms with Crippen LogP contribution < -0.4 is 10.1 Å². The molecule has 3 aromatic rings. The second kappa shape index (κ2) is 7.50. The van der Waals surface area contributed by atoms with E-state index in [1.807, 2.05) is 36.1 Å². The molecule has 0 unspecified atom stereocenters. The van der Waals surface area contributed by atoms with Gasteiger partial charge < -0.3 is 19.5 Å². The number of nitrogens with one attached hydrogen (secondary N) is 1. The van der Waals surface area contributed by atoms with E-state index in [-0.39, 0.29) is 17.9 Å². The highest BCUT2D eigenvalue weighted by Crippen LogP contribution is 2.29. The van der Waals surface area contributed by atoms with Gasteiger partial charge in [-0.15, -0.1) is 0 Å². The Labute approximate surface area is 162 Å². The van der Waals surface area contributed by atoms with Crippen LogP contribution in [0.2, 0.25) is 0 Å². The number of aryl methyl sites for hydroxylation is 1. The number of rotatable bonds is 3. The first-order valence-corrected chi connectivity index (χ1v) is 9.39. The first-order valence-electron chi connectivity index (χ1n) is 9.39. The standard InChI is InChI=1S/C21H23FN4O2/c1-14-23-19-13-15(22)3-8-20(19)26(14)17-9-11-25(12-10-17)21(27)24-16-4-6-18(28-2)7-5-16/h3-8,13,17H,9-12H2,1-2H3,(H,24,27). The number of hydrogen-bond acceptors (Lipinski definition) is 3. The van der Waals surface area contributed by atoms with Gasteiger partial charge in [0.15, 0.2) is 0 Å². The fraction of sp³-hybridized carbons (Fsp3) is 0.333. The second-order valence-corrected chi connectivity index (χ2v) is 7.04. The minimum atomic E-state index is -0.276. The number of benzene rings is 2. The third-order valence-corrected chi connectivity index (χ3v) is 5.29. The topological polar surface area (TPSA) is 59.4 Å². The van der Waals surface area contributed by atoms with Crippen LogP contribution in [0.4, 0.5) is 14.9 Å². The lowest BCUT2D eigenvalue weighted by molar-refractivity contribution is 0.184. The van der Waals surface area contributed by atoms with Gasteiger partial charge in [0.25, 0.3) is 0 Å². The van der Waals surface area contributed by atoms with Crippen molar-refractivity contribution in [3.8, 4) is 5.75 Å². The molecule has 4 rings (SSSR count). The average Bonchev–Trinajstić information content (AvgIpc) is 3.03. The maximum Gasteiger partial charge on any atom is 0.321 e. The molecule has 0 radical (unpaired) electrons. The van der Waals surface area contributed by atoms with Gasteiger partial charge in [-0.2, -0.15) is 0 Å². The number of aromatic nitrogens is 2. The Morgan fingerprint density at radius 2 is 1.89 bits per heavy atom. The highest BCUT2D eigenvalue weighted by Gasteiger charge is 2.26. The molecule has 6 nitrogen and oxygen atoms in total. The molecule has 0 spiro atoms. The van der Waals surface area contributed by atoms with Crippen molar-refractivity contribution in [3.05, 3.63) is 54.1 Å². The van der Waals surface area contributed by atoms with Crippen LogP contribution in [0.25, 0.3) is 11.0 Å². The monoisotopic (exact) mass is 382 g/mol. The maximum atomic E-state index is 13.5. The lowest BCUT2D eigenvalue weighted by atomic mass is 10.0. The molecule has 1 aromatic heterocycles. The van der Waals surface area contributed by atoms with Crippen molar-refractivity contribution >= 4 is 22.8 Å². The van der Waals surface area contributed by atoms with Crippen molar-refractivity contribution in [3.63, 3.8) is 0 Å². The van der Waals surface area contributed by atoms with Gasteiger partial charge in [-0.1, -0.05) is 0 Å². The number of fused-ring (bicyclic) bond motifs is 1. The Bertz CT molecular complexity index is 992. The normalized spacial score (nSPS) is 15.0. The third kappa shape index (κ3) is 3.52. The zero-order valence-corrected chi connectivity index (χ0v) is 16.0. The van der Waals surface area contributed by atoms with Crippen LogP contribution in [0.1, 0.15) is 24.7 Å². The van der Waals surface area contributed by atoms with Crippen molar-refractivity contribution in [1.82, 2.24) is 14.5 Å². The van der Waals surface area contributed by atoms with Gasteiger partial charge in [0.1, 0.15) is 17.4 Å². The molecule has 1 N–H and O–H groups in total. The SMILES string of the molecule is COc1ccc(NC(=O)N2CCC(n3c(C)nc4cc(F)ccc43)CC2)cc1. The Morgan fingerprint density at radius 3 is 2.57 bits per heavy atom. The number of nitrogens with zero attached hydrogens (tertiary/aromatic N) is 3. The number of urea groups is 1. The summed E-state index contributed by atoms with van der Waals surface area (Å²) in [7, 11) is 1.61. The predicted molar refractivity (Wildman–Crippen MR) is 106 cm³/mol. The van der Waals surface area contributed by atoms with E-state index in [1.165, 1.54) is 12.1 Å². The summed E-state index contributed by atoms with van der Waals surface area (Å²) < 4.78 is 20.8. The molecule has 1 aliphatic heterocycles. The van der Waals surface area contributed by atoms with Gasteiger partial charge >= 0.3 is 6.03 Å². The van der Waals surface area contributed by atoms with E-state index in [2.05, 4.69) is 14.9 Å². The Hall–Kier alpha value is -3.09. The smallest absolute Gasteiger partial charge is 0.321 e. The van der Waals surface area contributed by atoms with E-state index in [0.29, 0.717) is 18.6 Å². The number of likely N-dealkylation sites (tertiary alicyclic amines) is 1. The fourth-order valence-electron chi connectivity index (χ4n) is 3.86. The van der Waals surface area contributed by atoms with Crippen LogP contribution in [0.3, 0.4) is 0 Å². The highest BCUT2D eigenvalue weighted by atomic mass is 19.1. The molecule has 1 saturated heterocycles. The van der Waals surface area contributed by atoms with Crippen molar-refractivity contribution in [1.29, 1.82) is 0 Å². The number of amides is 2. The number of methoxy groups -OCH3 is 1. The zero-order chi connectivity index (χ0) is 19.7. The molecule has 1 aliphatic rings. The molecular weight excluding hydrogens is 359 g/mol. The van der Waals surface area contributed by atoms with Gasteiger partial charge in [0.2, 0.25) is 0 Å². The minimum absolute atomic E-state index is 0.0992. The molecule has 2 amide bonds. The molecule has 2 heterocycles. The summed E-state index contributed by atoms with van der Waals surface area (Å²) in [6.45, 7) is 3.26. The Morgan fingerprint density at radius 1 is 1.18 bits per heavy atom. The number of piperidine rings is 1. The molecule has 1 fully saturated rings. The van der Waals surface area contributed by atoms with E-state index in [9.17, 15) is 9.18 Å². The molecule has 2 aromatic carbocycles. The summed E-state index contributed by atoms with van der Waals surface area (Å²) in [6.07, 6.45) is 1.67. The Kier molecular flexibility index (Phi) is 4.90. The van der Waals surface area contributed by atoms with Crippen molar-refractivity contribution in [2.24, 2.45) is 0 Å². The largest absolute Gasteiger partial charge is 0.497 e. The lowest BCUT2D eigenvalue weighted by Gasteiger charge is -2.33. The highest BCUT2D eigenvalue weighted by molar-refractivity contribution is 5.89. The average molecular weight is 382 g/mol. The van der Waals surface area contributed by atoms with E-state index >= 15 is 0 Å². The molecular formula is C21H23FN4O2. The second-order valence-electron chi connectivity index (χ2n) is 7.04. The van der Waals surface area contributed by atoms with Crippen molar-refractivity contribution in [2.45, 2.75) is 25.8 Å². The number of carbonyl (C=O) groups excluding carboxylic acids is 1. The van der Waals surface area contributed by atoms with Gasteiger partial charge in [-0.05, 0) is 56.2 Å². The van der Waals surface area contributed by atoms with Crippen LogP contribution in [0, 0.1) is 12.7 Å². The molecule has 0 aliphatic carbocycles. The minimum Gasteiger partial charge on any atom is -0.497 e. The molecule has 0 bridgehead atoms. The molecule has 0 atom stereocenters. The van der Waals surface area contributed by atoms with Crippen molar-refractivity contribution < 1.29 is 13.9 Å². The number of imidazole rings is 1. The van der Waals surface area contributed by atoms with E-state index in [0.717, 1.165) is 35.6 Å². The number of halogens is 1. The number of carbonyl (C=O) groups is 1. The summed E-state index contributed by atoms with van der Waals surface area (Å²) in [6, 6.07) is 12.2. The molecule has 0 saturated carbocycles. The first-order chi connectivity index (χ1) is 13.5. The summed E-state index contributed by atoms with van der Waals surface area (Å²) in [5.74, 6) is 1.35. The summed E-state index contributed by atoms with van der Waals surface area (Å²) >= 11 is 0. The maximum absolute atomic E-state index is 13.5. The van der Waals surface area contributed by atoms with E-state index in [4.69, 9.17) is 4.74 Å². The van der Waals surface area contributed by atoms with Gasteiger partial charge in [-0.25, -0.2) is 14.2 Å². The summed E-state index contributed by atoms with van der Waals surface area (Å²) in [5.41, 5.74) is 2.36. The first kappa shape index (κ1) is 18.3. The lowest BCUT2D eigenvalue weighted by Crippen LogP contribution is -2.41. The third-order valence-electron chi connectivity index (χ3n) is 5.29. The quantitative estimate of drug-likeness (QED) is 0.732. The van der Waals surface area contributed by atoms with Crippen LogP contribution >= 0.6 is 0 Å². The van der Waals surface area contributed by atoms with Crippen LogP contribution in [-0.2, 0) is 0 Å². The van der Waals surface area contributed by atoms with E-state index < -0.39 is 0 Å². The van der Waals surface area contributed by atoms with Crippen LogP contribution in [-0.4, -0.2) is 40.7 Å². The van der Waals surface area contributed by atoms with Gasteiger partial charge in [0.05, 0.1) is 18.1 Å². The van der Waals surface area contributed by atoms with Crippen LogP contribution in [0.15, 0.2) is 42.5 Å². The summed E-state index contributed by atoms with van der Waals surface area (Å²) in [4.78, 5) is 18.9. The Balaban J connectivity index is 1.41. The van der Waals surface area contributed by atoms with Gasteiger partial charge in [0, 0.05) is 30.9 Å². The molecule has 146 valence electrons. The summed E-state index contributed by atoms with van der Waals surface area (Å²) in [5, 5.41) is 2.93. The number of ether oxygens (including phenoxy) is 1. The zero-order valence-electron chi connectivity index (χ0n) is 16.0. The molecule has 7 heteroatoms.